The lowest BCUT2D eigenvalue weighted by atomic mass is 10.0. The molecule has 0 aromatic heterocycles. The molecule has 6 nitrogen and oxygen atoms in total. The molecule has 1 amide bonds. The zero-order valence-corrected chi connectivity index (χ0v) is 12.5. The van der Waals surface area contributed by atoms with Crippen LogP contribution in [0, 0.1) is 5.92 Å². The number of carbonyl (C=O) groups is 2. The molecule has 1 heterocycles. The summed E-state index contributed by atoms with van der Waals surface area (Å²) in [4.78, 5) is 24.3. The number of benzene rings is 1. The molecule has 7 heteroatoms. The molecule has 1 aromatic carbocycles. The molecule has 1 fully saturated rings. The van der Waals surface area contributed by atoms with Crippen LogP contribution >= 0.6 is 0 Å². The van der Waals surface area contributed by atoms with E-state index in [9.17, 15) is 18.0 Å². The Morgan fingerprint density at radius 2 is 1.90 bits per heavy atom. The SMILES string of the molecule is CN(C(=O)CC1CCS(=O)(=O)C1)c1ccc(C(=O)O)cc1. The largest absolute Gasteiger partial charge is 0.478 e. The highest BCUT2D eigenvalue weighted by Gasteiger charge is 2.30. The molecule has 1 aromatic rings. The summed E-state index contributed by atoms with van der Waals surface area (Å²) in [5.74, 6) is -1.08. The van der Waals surface area contributed by atoms with Crippen LogP contribution in [0.15, 0.2) is 24.3 Å². The van der Waals surface area contributed by atoms with E-state index >= 15 is 0 Å². The second kappa shape index (κ2) is 5.85. The molecule has 0 bridgehead atoms. The molecular weight excluding hydrogens is 294 g/mol. The Morgan fingerprint density at radius 3 is 2.38 bits per heavy atom. The van der Waals surface area contributed by atoms with Gasteiger partial charge in [0.15, 0.2) is 9.84 Å². The van der Waals surface area contributed by atoms with Gasteiger partial charge in [0, 0.05) is 19.2 Å². The molecule has 1 atom stereocenters. The van der Waals surface area contributed by atoms with Crippen molar-refractivity contribution in [2.75, 3.05) is 23.5 Å². The average Bonchev–Trinajstić information content (AvgIpc) is 2.77. The van der Waals surface area contributed by atoms with E-state index in [1.807, 2.05) is 0 Å². The van der Waals surface area contributed by atoms with Crippen LogP contribution in [-0.4, -0.2) is 44.0 Å². The maximum absolute atomic E-state index is 12.1. The number of rotatable bonds is 4. The lowest BCUT2D eigenvalue weighted by Crippen LogP contribution is -2.28. The zero-order chi connectivity index (χ0) is 15.6. The topological polar surface area (TPSA) is 91.8 Å². The summed E-state index contributed by atoms with van der Waals surface area (Å²) in [6.45, 7) is 0. The first-order valence-corrected chi connectivity index (χ1v) is 8.41. The number of nitrogens with zero attached hydrogens (tertiary/aromatic N) is 1. The summed E-state index contributed by atoms with van der Waals surface area (Å²) in [6, 6.07) is 5.99. The molecule has 0 aliphatic carbocycles. The Morgan fingerprint density at radius 1 is 1.29 bits per heavy atom. The maximum Gasteiger partial charge on any atom is 0.335 e. The van der Waals surface area contributed by atoms with Crippen LogP contribution in [-0.2, 0) is 14.6 Å². The first-order valence-electron chi connectivity index (χ1n) is 6.59. The van der Waals surface area contributed by atoms with Crippen molar-refractivity contribution in [3.8, 4) is 0 Å². The third-order valence-electron chi connectivity index (χ3n) is 3.67. The average molecular weight is 311 g/mol. The number of carboxylic acids is 1. The highest BCUT2D eigenvalue weighted by molar-refractivity contribution is 7.91. The van der Waals surface area contributed by atoms with Gasteiger partial charge in [0.05, 0.1) is 17.1 Å². The summed E-state index contributed by atoms with van der Waals surface area (Å²) in [5, 5.41) is 8.82. The van der Waals surface area contributed by atoms with Gasteiger partial charge < -0.3 is 10.0 Å². The van der Waals surface area contributed by atoms with Gasteiger partial charge in [-0.15, -0.1) is 0 Å². The van der Waals surface area contributed by atoms with Gasteiger partial charge in [0.1, 0.15) is 0 Å². The van der Waals surface area contributed by atoms with Gasteiger partial charge in [-0.25, -0.2) is 13.2 Å². The van der Waals surface area contributed by atoms with Crippen LogP contribution in [0.1, 0.15) is 23.2 Å². The lowest BCUT2D eigenvalue weighted by Gasteiger charge is -2.19. The molecule has 0 saturated carbocycles. The van der Waals surface area contributed by atoms with E-state index in [1.54, 1.807) is 19.2 Å². The number of sulfone groups is 1. The molecule has 1 N–H and O–H groups in total. The van der Waals surface area contributed by atoms with E-state index in [0.717, 1.165) is 0 Å². The van der Waals surface area contributed by atoms with Gasteiger partial charge in [-0.1, -0.05) is 0 Å². The Balaban J connectivity index is 2.00. The van der Waals surface area contributed by atoms with Crippen molar-refractivity contribution in [3.05, 3.63) is 29.8 Å². The fraction of sp³-hybridized carbons (Fsp3) is 0.429. The van der Waals surface area contributed by atoms with E-state index in [1.165, 1.54) is 17.0 Å². The van der Waals surface area contributed by atoms with Gasteiger partial charge >= 0.3 is 5.97 Å². The van der Waals surface area contributed by atoms with Gasteiger partial charge in [-0.2, -0.15) is 0 Å². The van der Waals surface area contributed by atoms with Crippen LogP contribution in [0.25, 0.3) is 0 Å². The van der Waals surface area contributed by atoms with Crippen molar-refractivity contribution in [1.82, 2.24) is 0 Å². The van der Waals surface area contributed by atoms with E-state index in [2.05, 4.69) is 0 Å². The number of hydrogen-bond acceptors (Lipinski definition) is 4. The second-order valence-electron chi connectivity index (χ2n) is 5.28. The van der Waals surface area contributed by atoms with Crippen molar-refractivity contribution in [3.63, 3.8) is 0 Å². The highest BCUT2D eigenvalue weighted by Crippen LogP contribution is 2.23. The summed E-state index contributed by atoms with van der Waals surface area (Å²) in [7, 11) is -1.38. The predicted molar refractivity (Wildman–Crippen MR) is 78.2 cm³/mol. The Bertz CT molecular complexity index is 650. The maximum atomic E-state index is 12.1. The van der Waals surface area contributed by atoms with Crippen LogP contribution in [0.2, 0.25) is 0 Å². The highest BCUT2D eigenvalue weighted by atomic mass is 32.2. The summed E-state index contributed by atoms with van der Waals surface area (Å²) >= 11 is 0. The van der Waals surface area contributed by atoms with Crippen LogP contribution < -0.4 is 4.90 Å². The van der Waals surface area contributed by atoms with Gasteiger partial charge in [0.25, 0.3) is 0 Å². The van der Waals surface area contributed by atoms with Crippen LogP contribution in [0.5, 0.6) is 0 Å². The minimum absolute atomic E-state index is 0.0739. The van der Waals surface area contributed by atoms with E-state index in [-0.39, 0.29) is 35.3 Å². The third-order valence-corrected chi connectivity index (χ3v) is 5.50. The molecule has 1 aliphatic heterocycles. The monoisotopic (exact) mass is 311 g/mol. The molecule has 1 saturated heterocycles. The van der Waals surface area contributed by atoms with E-state index in [0.29, 0.717) is 12.1 Å². The standard InChI is InChI=1S/C14H17NO5S/c1-15(12-4-2-11(3-5-12)14(17)18)13(16)8-10-6-7-21(19,20)9-10/h2-5,10H,6-9H2,1H3,(H,17,18). The van der Waals surface area contributed by atoms with Crippen molar-refractivity contribution >= 4 is 27.4 Å². The van der Waals surface area contributed by atoms with Gasteiger partial charge in [-0.3, -0.25) is 4.79 Å². The van der Waals surface area contributed by atoms with Crippen molar-refractivity contribution in [2.45, 2.75) is 12.8 Å². The van der Waals surface area contributed by atoms with Crippen molar-refractivity contribution in [1.29, 1.82) is 0 Å². The number of amides is 1. The number of carbonyl (C=O) groups excluding carboxylic acids is 1. The molecule has 21 heavy (non-hydrogen) atoms. The molecule has 1 aliphatic rings. The Labute approximate surface area is 123 Å². The van der Waals surface area contributed by atoms with Crippen LogP contribution in [0.3, 0.4) is 0 Å². The summed E-state index contributed by atoms with van der Waals surface area (Å²) < 4.78 is 22.8. The number of aromatic carboxylic acids is 1. The van der Waals surface area contributed by atoms with E-state index < -0.39 is 15.8 Å². The molecule has 114 valence electrons. The van der Waals surface area contributed by atoms with Crippen molar-refractivity contribution < 1.29 is 23.1 Å². The molecule has 0 radical (unpaired) electrons. The fourth-order valence-electron chi connectivity index (χ4n) is 2.39. The van der Waals surface area contributed by atoms with E-state index in [4.69, 9.17) is 5.11 Å². The quantitative estimate of drug-likeness (QED) is 0.901. The number of hydrogen-bond donors (Lipinski definition) is 1. The zero-order valence-electron chi connectivity index (χ0n) is 11.7. The second-order valence-corrected chi connectivity index (χ2v) is 7.51. The molecule has 0 spiro atoms. The minimum atomic E-state index is -2.98. The normalized spacial score (nSPS) is 20.1. The van der Waals surface area contributed by atoms with Crippen molar-refractivity contribution in [2.24, 2.45) is 5.92 Å². The number of carboxylic acid groups (broad SMARTS) is 1. The Kier molecular flexibility index (Phi) is 4.32. The smallest absolute Gasteiger partial charge is 0.335 e. The lowest BCUT2D eigenvalue weighted by molar-refractivity contribution is -0.119. The molecule has 1 unspecified atom stereocenters. The number of anilines is 1. The van der Waals surface area contributed by atoms with Crippen LogP contribution in [0.4, 0.5) is 5.69 Å². The summed E-state index contributed by atoms with van der Waals surface area (Å²) in [5.41, 5.74) is 0.743. The molecule has 2 rings (SSSR count). The first-order chi connectivity index (χ1) is 9.78. The first kappa shape index (κ1) is 15.5. The molecular formula is C14H17NO5S. The Hall–Kier alpha value is -1.89. The van der Waals surface area contributed by atoms with Gasteiger partial charge in [-0.05, 0) is 36.6 Å². The predicted octanol–water partition coefficient (Wildman–Crippen LogP) is 1.17. The third kappa shape index (κ3) is 3.81. The summed E-state index contributed by atoms with van der Waals surface area (Å²) in [6.07, 6.45) is 0.719. The van der Waals surface area contributed by atoms with Gasteiger partial charge in [0.2, 0.25) is 5.91 Å². The fourth-order valence-corrected chi connectivity index (χ4v) is 4.25. The minimum Gasteiger partial charge on any atom is -0.478 e.